The average molecular weight is 592 g/mol. The summed E-state index contributed by atoms with van der Waals surface area (Å²) >= 11 is 12.1. The van der Waals surface area contributed by atoms with Crippen LogP contribution in [-0.4, -0.2) is 38.6 Å². The number of alkyl halides is 3. The van der Waals surface area contributed by atoms with Gasteiger partial charge in [0.2, 0.25) is 0 Å². The number of carboxylic acids is 1. The van der Waals surface area contributed by atoms with Crippen LogP contribution in [0.25, 0.3) is 0 Å². The lowest BCUT2D eigenvalue weighted by Crippen LogP contribution is -2.42. The molecule has 212 valence electrons. The van der Waals surface area contributed by atoms with Crippen LogP contribution in [0.1, 0.15) is 91.2 Å². The van der Waals surface area contributed by atoms with E-state index in [9.17, 15) is 37.1 Å². The van der Waals surface area contributed by atoms with Crippen LogP contribution in [0, 0.1) is 16.6 Å². The molecule has 1 amide bonds. The van der Waals surface area contributed by atoms with Gasteiger partial charge in [0.1, 0.15) is 5.82 Å². The molecule has 1 heterocycles. The van der Waals surface area contributed by atoms with Crippen molar-refractivity contribution in [2.75, 3.05) is 0 Å². The smallest absolute Gasteiger partial charge is 0.433 e. The molecular formula is C26H27Cl2F4N3O4. The maximum absolute atomic E-state index is 14.2. The van der Waals surface area contributed by atoms with Gasteiger partial charge in [-0.3, -0.25) is 19.1 Å². The van der Waals surface area contributed by atoms with Crippen molar-refractivity contribution in [1.29, 1.82) is 0 Å². The van der Waals surface area contributed by atoms with Crippen molar-refractivity contribution in [2.24, 2.45) is 10.8 Å². The molecule has 13 heteroatoms. The molecule has 1 aromatic carbocycles. The third-order valence-electron chi connectivity index (χ3n) is 8.09. The van der Waals surface area contributed by atoms with E-state index in [0.717, 1.165) is 23.0 Å². The molecule has 0 saturated heterocycles. The molecule has 0 aliphatic heterocycles. The second kappa shape index (κ2) is 10.4. The number of carboxylic acid groups (broad SMARTS) is 1. The fourth-order valence-corrected chi connectivity index (χ4v) is 5.81. The Labute approximate surface area is 231 Å². The van der Waals surface area contributed by atoms with Crippen LogP contribution >= 0.6 is 23.2 Å². The summed E-state index contributed by atoms with van der Waals surface area (Å²) in [4.78, 5) is 37.8. The Balaban J connectivity index is 1.58. The number of nitrogens with one attached hydrogen (secondary N) is 1. The molecule has 1 atom stereocenters. The molecule has 39 heavy (non-hydrogen) atoms. The zero-order valence-corrected chi connectivity index (χ0v) is 22.7. The number of aliphatic carboxylic acids is 1. The fraction of sp³-hybridized carbons (Fsp3) is 0.538. The number of carbonyl (C=O) groups is 3. The summed E-state index contributed by atoms with van der Waals surface area (Å²) < 4.78 is 57.0. The summed E-state index contributed by atoms with van der Waals surface area (Å²) in [5.41, 5.74) is -3.60. The highest BCUT2D eigenvalue weighted by Gasteiger charge is 2.48. The molecule has 0 radical (unpaired) electrons. The van der Waals surface area contributed by atoms with Crippen molar-refractivity contribution in [3.05, 3.63) is 51.0 Å². The lowest BCUT2D eigenvalue weighted by Gasteiger charge is -2.34. The van der Waals surface area contributed by atoms with Gasteiger partial charge in [-0.15, -0.1) is 0 Å². The van der Waals surface area contributed by atoms with E-state index >= 15 is 0 Å². The summed E-state index contributed by atoms with van der Waals surface area (Å²) in [6.45, 7) is 3.36. The van der Waals surface area contributed by atoms with Crippen molar-refractivity contribution < 1.29 is 37.1 Å². The molecule has 2 aliphatic rings. The highest BCUT2D eigenvalue weighted by Crippen LogP contribution is 2.50. The van der Waals surface area contributed by atoms with E-state index in [0.29, 0.717) is 12.8 Å². The summed E-state index contributed by atoms with van der Waals surface area (Å²) in [7, 11) is 0. The fourth-order valence-electron chi connectivity index (χ4n) is 5.14. The summed E-state index contributed by atoms with van der Waals surface area (Å²) in [6, 6.07) is 0.296. The number of hydrogen-bond donors (Lipinski definition) is 2. The summed E-state index contributed by atoms with van der Waals surface area (Å²) in [6.07, 6.45) is -2.46. The number of ketones is 1. The van der Waals surface area contributed by atoms with Gasteiger partial charge < -0.3 is 10.4 Å². The first-order valence-corrected chi connectivity index (χ1v) is 13.2. The largest absolute Gasteiger partial charge is 0.481 e. The molecule has 2 fully saturated rings. The minimum absolute atomic E-state index is 0.127. The predicted molar refractivity (Wildman–Crippen MR) is 134 cm³/mol. The van der Waals surface area contributed by atoms with E-state index in [-0.39, 0.29) is 47.7 Å². The SMILES string of the molecule is CC1(C(=O)O)CCC(n2ncc(C(=O)NC(CC(=O)c3c(Cl)cc(F)cc3Cl)C3(C)CC3)c2C(F)(F)F)CC1. The monoisotopic (exact) mass is 591 g/mol. The van der Waals surface area contributed by atoms with Gasteiger partial charge in [-0.25, -0.2) is 4.39 Å². The first-order valence-electron chi connectivity index (χ1n) is 12.4. The average Bonchev–Trinajstić information content (AvgIpc) is 3.40. The van der Waals surface area contributed by atoms with Gasteiger partial charge in [0.15, 0.2) is 11.5 Å². The number of carbonyl (C=O) groups excluding carboxylic acids is 2. The third kappa shape index (κ3) is 5.94. The number of Topliss-reactive ketones (excluding diaryl/α,β-unsaturated/α-hetero) is 1. The Hall–Kier alpha value is -2.66. The van der Waals surface area contributed by atoms with Crippen molar-refractivity contribution in [3.63, 3.8) is 0 Å². The van der Waals surface area contributed by atoms with E-state index in [1.807, 2.05) is 0 Å². The lowest BCUT2D eigenvalue weighted by molar-refractivity contribution is -0.152. The molecule has 0 bridgehead atoms. The number of hydrogen-bond acceptors (Lipinski definition) is 4. The van der Waals surface area contributed by atoms with Crippen molar-refractivity contribution in [1.82, 2.24) is 15.1 Å². The quantitative estimate of drug-likeness (QED) is 0.262. The Morgan fingerprint density at radius 3 is 2.18 bits per heavy atom. The van der Waals surface area contributed by atoms with Crippen LogP contribution < -0.4 is 5.32 Å². The van der Waals surface area contributed by atoms with Gasteiger partial charge in [0.05, 0.1) is 38.8 Å². The first-order chi connectivity index (χ1) is 18.1. The zero-order valence-electron chi connectivity index (χ0n) is 21.2. The predicted octanol–water partition coefficient (Wildman–Crippen LogP) is 6.73. The van der Waals surface area contributed by atoms with Crippen LogP contribution in [0.2, 0.25) is 10.0 Å². The Bertz CT molecular complexity index is 1290. The Kier molecular flexibility index (Phi) is 7.81. The maximum atomic E-state index is 14.2. The second-order valence-corrected chi connectivity index (χ2v) is 11.8. The van der Waals surface area contributed by atoms with Crippen molar-refractivity contribution in [3.8, 4) is 0 Å². The second-order valence-electron chi connectivity index (χ2n) is 11.0. The molecular weight excluding hydrogens is 565 g/mol. The number of halogens is 6. The van der Waals surface area contributed by atoms with E-state index in [1.54, 1.807) is 13.8 Å². The van der Waals surface area contributed by atoms with Gasteiger partial charge in [0.25, 0.3) is 5.91 Å². The third-order valence-corrected chi connectivity index (χ3v) is 8.69. The number of nitrogens with zero attached hydrogens (tertiary/aromatic N) is 2. The normalized spacial score (nSPS) is 23.2. The van der Waals surface area contributed by atoms with Gasteiger partial charge in [-0.05, 0) is 63.0 Å². The first kappa shape index (κ1) is 29.3. The Morgan fingerprint density at radius 2 is 1.69 bits per heavy atom. The number of aromatic nitrogens is 2. The van der Waals surface area contributed by atoms with Crippen LogP contribution in [0.15, 0.2) is 18.3 Å². The van der Waals surface area contributed by atoms with Crippen molar-refractivity contribution >= 4 is 40.9 Å². The molecule has 2 N–H and O–H groups in total. The Morgan fingerprint density at radius 1 is 1.13 bits per heavy atom. The molecule has 4 rings (SSSR count). The molecule has 2 aromatic rings. The molecule has 2 saturated carbocycles. The van der Waals surface area contributed by atoms with E-state index in [2.05, 4.69) is 10.4 Å². The zero-order chi connectivity index (χ0) is 28.9. The van der Waals surface area contributed by atoms with Crippen molar-refractivity contribution in [2.45, 2.75) is 77.1 Å². The van der Waals surface area contributed by atoms with Crippen LogP contribution in [0.3, 0.4) is 0 Å². The lowest BCUT2D eigenvalue weighted by atomic mass is 9.74. The molecule has 0 spiro atoms. The highest BCUT2D eigenvalue weighted by molar-refractivity contribution is 6.39. The van der Waals surface area contributed by atoms with E-state index < -0.39 is 63.8 Å². The van der Waals surface area contributed by atoms with Crippen LogP contribution in [-0.2, 0) is 11.0 Å². The maximum Gasteiger partial charge on any atom is 0.433 e. The number of benzene rings is 1. The van der Waals surface area contributed by atoms with Gasteiger partial charge in [-0.1, -0.05) is 30.1 Å². The molecule has 1 unspecified atom stereocenters. The topological polar surface area (TPSA) is 101 Å². The van der Waals surface area contributed by atoms with Gasteiger partial charge in [-0.2, -0.15) is 18.3 Å². The van der Waals surface area contributed by atoms with E-state index in [4.69, 9.17) is 23.2 Å². The van der Waals surface area contributed by atoms with Crippen LogP contribution in [0.4, 0.5) is 17.6 Å². The number of amides is 1. The minimum atomic E-state index is -4.92. The molecule has 7 nitrogen and oxygen atoms in total. The van der Waals surface area contributed by atoms with Gasteiger partial charge in [0, 0.05) is 12.5 Å². The van der Waals surface area contributed by atoms with Gasteiger partial charge >= 0.3 is 12.1 Å². The summed E-state index contributed by atoms with van der Waals surface area (Å²) in [5, 5.41) is 15.5. The molecule has 1 aromatic heterocycles. The molecule has 2 aliphatic carbocycles. The summed E-state index contributed by atoms with van der Waals surface area (Å²) in [5.74, 6) is -3.36. The standard InChI is InChI=1S/C26H27Cl2F4N3O4/c1-24(7-8-24)19(11-18(36)20-16(27)9-13(29)10-17(20)28)34-22(37)15-12-33-35(21(15)26(30,31)32)14-3-5-25(2,6-4-14)23(38)39/h9-10,12,14,19H,3-8,11H2,1-2H3,(H,34,37)(H,38,39). The number of rotatable bonds is 8. The highest BCUT2D eigenvalue weighted by atomic mass is 35.5. The minimum Gasteiger partial charge on any atom is -0.481 e. The van der Waals surface area contributed by atoms with E-state index in [1.165, 1.54) is 0 Å². The van der Waals surface area contributed by atoms with Crippen LogP contribution in [0.5, 0.6) is 0 Å².